The highest BCUT2D eigenvalue weighted by atomic mass is 32.2. The highest BCUT2D eigenvalue weighted by molar-refractivity contribution is 7.89. The molecular weight excluding hydrogens is 247 g/mol. The second-order valence-electron chi connectivity index (χ2n) is 3.07. The Morgan fingerprint density at radius 1 is 1.31 bits per heavy atom. The van der Waals surface area contributed by atoms with Crippen LogP contribution in [0.15, 0.2) is 23.1 Å². The molecular formula is C8H8F3NO3S. The summed E-state index contributed by atoms with van der Waals surface area (Å²) in [4.78, 5) is 0.648. The predicted molar refractivity (Wildman–Crippen MR) is 48.3 cm³/mol. The summed E-state index contributed by atoms with van der Waals surface area (Å²) in [5.41, 5.74) is -1.04. The van der Waals surface area contributed by atoms with Crippen molar-refractivity contribution in [3.8, 4) is 0 Å². The van der Waals surface area contributed by atoms with E-state index in [0.717, 1.165) is 11.0 Å². The van der Waals surface area contributed by atoms with E-state index in [1.54, 1.807) is 0 Å². The fraction of sp³-hybridized carbons (Fsp3) is 0.250. The normalized spacial score (nSPS) is 12.8. The average Bonchev–Trinajstić information content (AvgIpc) is 2.16. The monoisotopic (exact) mass is 255 g/mol. The average molecular weight is 255 g/mol. The molecule has 4 nitrogen and oxygen atoms in total. The van der Waals surface area contributed by atoms with E-state index in [4.69, 9.17) is 5.21 Å². The van der Waals surface area contributed by atoms with Gasteiger partial charge in [0.1, 0.15) is 0 Å². The van der Waals surface area contributed by atoms with Gasteiger partial charge in [-0.1, -0.05) is 4.89 Å². The van der Waals surface area contributed by atoms with Crippen LogP contribution in [-0.2, 0) is 16.2 Å². The van der Waals surface area contributed by atoms with Crippen molar-refractivity contribution in [1.29, 1.82) is 0 Å². The van der Waals surface area contributed by atoms with E-state index in [2.05, 4.69) is 0 Å². The molecule has 0 saturated carbocycles. The Balaban J connectivity index is 3.32. The largest absolute Gasteiger partial charge is 0.416 e. The zero-order valence-electron chi connectivity index (χ0n) is 8.04. The SMILES string of the molecule is Cc1cc(C(F)(F)F)ccc1S(=O)(=O)NO. The first-order valence-corrected chi connectivity index (χ1v) is 5.50. The van der Waals surface area contributed by atoms with Gasteiger partial charge in [0, 0.05) is 0 Å². The zero-order valence-corrected chi connectivity index (χ0v) is 8.85. The van der Waals surface area contributed by atoms with Crippen molar-refractivity contribution < 1.29 is 26.8 Å². The molecule has 0 aromatic heterocycles. The zero-order chi connectivity index (χ0) is 12.6. The van der Waals surface area contributed by atoms with Crippen LogP contribution in [0.25, 0.3) is 0 Å². The molecule has 0 aliphatic rings. The highest BCUT2D eigenvalue weighted by Crippen LogP contribution is 2.31. The molecule has 0 fully saturated rings. The van der Waals surface area contributed by atoms with Gasteiger partial charge in [0.2, 0.25) is 0 Å². The van der Waals surface area contributed by atoms with E-state index in [1.807, 2.05) is 0 Å². The van der Waals surface area contributed by atoms with Gasteiger partial charge in [-0.15, -0.1) is 0 Å². The van der Waals surface area contributed by atoms with Gasteiger partial charge in [0.05, 0.1) is 10.5 Å². The lowest BCUT2D eigenvalue weighted by atomic mass is 10.1. The van der Waals surface area contributed by atoms with Crippen LogP contribution in [0.5, 0.6) is 0 Å². The quantitative estimate of drug-likeness (QED) is 0.790. The summed E-state index contributed by atoms with van der Waals surface area (Å²) >= 11 is 0. The minimum Gasteiger partial charge on any atom is -0.302 e. The lowest BCUT2D eigenvalue weighted by Crippen LogP contribution is -2.20. The van der Waals surface area contributed by atoms with Crippen molar-refractivity contribution in [2.75, 3.05) is 0 Å². The van der Waals surface area contributed by atoms with E-state index >= 15 is 0 Å². The molecule has 16 heavy (non-hydrogen) atoms. The Morgan fingerprint density at radius 2 is 1.88 bits per heavy atom. The molecule has 0 saturated heterocycles. The molecule has 0 aliphatic heterocycles. The molecule has 0 bridgehead atoms. The van der Waals surface area contributed by atoms with E-state index in [9.17, 15) is 21.6 Å². The number of nitrogens with one attached hydrogen (secondary N) is 1. The van der Waals surface area contributed by atoms with Crippen molar-refractivity contribution in [3.05, 3.63) is 29.3 Å². The lowest BCUT2D eigenvalue weighted by molar-refractivity contribution is -0.137. The molecule has 8 heteroatoms. The molecule has 1 aromatic rings. The minimum absolute atomic E-state index is 0.101. The molecule has 0 spiro atoms. The summed E-state index contributed by atoms with van der Waals surface area (Å²) < 4.78 is 59.1. The maximum absolute atomic E-state index is 12.3. The van der Waals surface area contributed by atoms with Crippen LogP contribution in [0.1, 0.15) is 11.1 Å². The van der Waals surface area contributed by atoms with Crippen LogP contribution >= 0.6 is 0 Å². The van der Waals surface area contributed by atoms with Crippen LogP contribution < -0.4 is 4.89 Å². The summed E-state index contributed by atoms with van der Waals surface area (Å²) in [6.07, 6.45) is -4.53. The van der Waals surface area contributed by atoms with Crippen LogP contribution in [0.2, 0.25) is 0 Å². The standard InChI is InChI=1S/C8H8F3NO3S/c1-5-4-6(8(9,10)11)2-3-7(5)16(14,15)12-13/h2-4,12-13H,1H3. The molecule has 1 rings (SSSR count). The van der Waals surface area contributed by atoms with E-state index in [1.165, 1.54) is 6.92 Å². The Hall–Kier alpha value is -1.12. The third-order valence-electron chi connectivity index (χ3n) is 1.91. The molecule has 0 aliphatic carbocycles. The molecule has 0 atom stereocenters. The van der Waals surface area contributed by atoms with Crippen molar-refractivity contribution in [2.45, 2.75) is 18.0 Å². The summed E-state index contributed by atoms with van der Waals surface area (Å²) in [5.74, 6) is 0. The Labute approximate surface area is 89.7 Å². The topological polar surface area (TPSA) is 66.4 Å². The maximum atomic E-state index is 12.3. The van der Waals surface area contributed by atoms with Gasteiger partial charge in [0.25, 0.3) is 10.0 Å². The van der Waals surface area contributed by atoms with Crippen LogP contribution in [0, 0.1) is 6.92 Å². The molecule has 0 amide bonds. The summed E-state index contributed by atoms with van der Waals surface area (Å²) in [6.45, 7) is 1.21. The number of halogens is 3. The number of rotatable bonds is 2. The van der Waals surface area contributed by atoms with E-state index in [-0.39, 0.29) is 5.56 Å². The van der Waals surface area contributed by atoms with Gasteiger partial charge in [-0.2, -0.15) is 13.2 Å². The number of sulfonamides is 1. The number of hydrogen-bond donors (Lipinski definition) is 2. The highest BCUT2D eigenvalue weighted by Gasteiger charge is 2.31. The third-order valence-corrected chi connectivity index (χ3v) is 3.19. The Kier molecular flexibility index (Phi) is 3.27. The Morgan fingerprint density at radius 3 is 2.25 bits per heavy atom. The fourth-order valence-corrected chi connectivity index (χ4v) is 2.00. The van der Waals surface area contributed by atoms with Gasteiger partial charge in [-0.25, -0.2) is 8.42 Å². The number of benzene rings is 1. The van der Waals surface area contributed by atoms with Crippen molar-refractivity contribution in [3.63, 3.8) is 0 Å². The van der Waals surface area contributed by atoms with Crippen molar-refractivity contribution in [2.24, 2.45) is 0 Å². The Bertz CT molecular complexity index is 496. The first kappa shape index (κ1) is 12.9. The first-order chi connectivity index (χ1) is 7.18. The van der Waals surface area contributed by atoms with Gasteiger partial charge >= 0.3 is 6.18 Å². The number of alkyl halides is 3. The van der Waals surface area contributed by atoms with Crippen LogP contribution in [0.3, 0.4) is 0 Å². The number of aryl methyl sites for hydroxylation is 1. The van der Waals surface area contributed by atoms with E-state index in [0.29, 0.717) is 12.1 Å². The van der Waals surface area contributed by atoms with Crippen molar-refractivity contribution >= 4 is 10.0 Å². The van der Waals surface area contributed by atoms with Crippen LogP contribution in [0.4, 0.5) is 13.2 Å². The third kappa shape index (κ3) is 2.52. The smallest absolute Gasteiger partial charge is 0.302 e. The molecule has 90 valence electrons. The molecule has 2 N–H and O–H groups in total. The molecule has 0 unspecified atom stereocenters. The van der Waals surface area contributed by atoms with Crippen molar-refractivity contribution in [1.82, 2.24) is 4.89 Å². The van der Waals surface area contributed by atoms with Gasteiger partial charge < -0.3 is 5.21 Å². The lowest BCUT2D eigenvalue weighted by Gasteiger charge is -2.10. The predicted octanol–water partition coefficient (Wildman–Crippen LogP) is 1.68. The van der Waals surface area contributed by atoms with Crippen LogP contribution in [-0.4, -0.2) is 13.6 Å². The van der Waals surface area contributed by atoms with E-state index < -0.39 is 26.7 Å². The summed E-state index contributed by atoms with van der Waals surface area (Å²) in [5, 5.41) is 8.34. The minimum atomic E-state index is -4.53. The molecule has 0 radical (unpaired) electrons. The molecule has 1 aromatic carbocycles. The van der Waals surface area contributed by atoms with Gasteiger partial charge in [-0.05, 0) is 30.7 Å². The number of hydrogen-bond acceptors (Lipinski definition) is 3. The van der Waals surface area contributed by atoms with Gasteiger partial charge in [0.15, 0.2) is 0 Å². The molecule has 0 heterocycles. The summed E-state index contributed by atoms with van der Waals surface area (Å²) in [6, 6.07) is 2.12. The second kappa shape index (κ2) is 4.04. The summed E-state index contributed by atoms with van der Waals surface area (Å²) in [7, 11) is -4.15. The first-order valence-electron chi connectivity index (χ1n) is 4.02. The second-order valence-corrected chi connectivity index (χ2v) is 4.70. The maximum Gasteiger partial charge on any atom is 0.416 e. The fourth-order valence-electron chi connectivity index (χ4n) is 1.18. The van der Waals surface area contributed by atoms with Gasteiger partial charge in [-0.3, -0.25) is 0 Å².